The highest BCUT2D eigenvalue weighted by atomic mass is 35.5. The number of carbonyl (C=O) groups is 2. The molecular weight excluding hydrogens is 781 g/mol. The Kier molecular flexibility index (Phi) is 17.5. The molecule has 0 unspecified atom stereocenters. The Bertz CT molecular complexity index is 1860. The standard InChI is InChI=1S/C42H52Cl2F2N4O7/c1-6-15-54-17-19-56-21-22-57-20-18-55-16-14-48-39(51)27-10-13-33(34(23-27)53-5)49-40(52)38-36(29-8-7-9-31(44)37(29)46)42(26-47,35(50-38)25-41(2,3)4)30-12-11-28(43)24-32(30)45/h7-13,23-24,35-36,38,50H,6,14-22,25H2,1-5H3,(H,48,51)(H,49,52)/t35-,36-,38+,42-/m0/s1. The molecule has 1 heterocycles. The number of ether oxygens (including phenoxy) is 5. The zero-order chi connectivity index (χ0) is 41.6. The van der Waals surface area contributed by atoms with Crippen LogP contribution < -0.4 is 20.7 Å². The number of nitrogens with zero attached hydrogens (tertiary/aromatic N) is 1. The van der Waals surface area contributed by atoms with Crippen LogP contribution >= 0.6 is 23.2 Å². The molecule has 11 nitrogen and oxygen atoms in total. The fourth-order valence-corrected chi connectivity index (χ4v) is 7.29. The molecule has 0 radical (unpaired) electrons. The Morgan fingerprint density at radius 2 is 1.56 bits per heavy atom. The molecule has 1 fully saturated rings. The number of anilines is 1. The summed E-state index contributed by atoms with van der Waals surface area (Å²) in [5.41, 5.74) is -1.80. The van der Waals surface area contributed by atoms with Crippen LogP contribution in [0.3, 0.4) is 0 Å². The summed E-state index contributed by atoms with van der Waals surface area (Å²) < 4.78 is 59.4. The first-order chi connectivity index (χ1) is 27.3. The topological polar surface area (TPSA) is 140 Å². The van der Waals surface area contributed by atoms with Crippen molar-refractivity contribution in [2.75, 3.05) is 71.8 Å². The van der Waals surface area contributed by atoms with Gasteiger partial charge in [-0.25, -0.2) is 8.78 Å². The molecule has 310 valence electrons. The lowest BCUT2D eigenvalue weighted by Crippen LogP contribution is -2.45. The molecule has 0 aromatic heterocycles. The number of hydrogen-bond acceptors (Lipinski definition) is 9. The third kappa shape index (κ3) is 12.1. The van der Waals surface area contributed by atoms with Gasteiger partial charge in [-0.3, -0.25) is 9.59 Å². The number of hydrogen-bond donors (Lipinski definition) is 3. The monoisotopic (exact) mass is 832 g/mol. The minimum atomic E-state index is -1.79. The fourth-order valence-electron chi connectivity index (χ4n) is 6.95. The summed E-state index contributed by atoms with van der Waals surface area (Å²) in [6, 6.07) is 13.0. The van der Waals surface area contributed by atoms with Crippen LogP contribution in [0.25, 0.3) is 0 Å². The average Bonchev–Trinajstić information content (AvgIpc) is 3.48. The van der Waals surface area contributed by atoms with Crippen molar-refractivity contribution in [1.29, 1.82) is 5.26 Å². The van der Waals surface area contributed by atoms with Gasteiger partial charge in [-0.1, -0.05) is 69.1 Å². The number of benzene rings is 3. The van der Waals surface area contributed by atoms with Gasteiger partial charge in [0.15, 0.2) is 0 Å². The van der Waals surface area contributed by atoms with Gasteiger partial charge >= 0.3 is 0 Å². The number of amides is 2. The van der Waals surface area contributed by atoms with Crippen molar-refractivity contribution in [2.45, 2.75) is 64.0 Å². The number of halogens is 4. The molecule has 0 bridgehead atoms. The molecule has 4 rings (SSSR count). The third-order valence-corrected chi connectivity index (χ3v) is 9.98. The van der Waals surface area contributed by atoms with Gasteiger partial charge in [0.2, 0.25) is 5.91 Å². The Morgan fingerprint density at radius 1 is 0.912 bits per heavy atom. The van der Waals surface area contributed by atoms with E-state index in [1.165, 1.54) is 55.6 Å². The van der Waals surface area contributed by atoms with Crippen LogP contribution in [0.4, 0.5) is 14.5 Å². The second-order valence-electron chi connectivity index (χ2n) is 14.8. The van der Waals surface area contributed by atoms with Gasteiger partial charge in [0.05, 0.1) is 76.2 Å². The third-order valence-electron chi connectivity index (χ3n) is 9.45. The van der Waals surface area contributed by atoms with E-state index < -0.39 is 52.3 Å². The molecule has 57 heavy (non-hydrogen) atoms. The quantitative estimate of drug-likeness (QED) is 0.0935. The van der Waals surface area contributed by atoms with E-state index >= 15 is 8.78 Å². The van der Waals surface area contributed by atoms with Crippen molar-refractivity contribution < 1.29 is 42.1 Å². The summed E-state index contributed by atoms with van der Waals surface area (Å²) >= 11 is 12.4. The van der Waals surface area contributed by atoms with E-state index in [9.17, 15) is 14.9 Å². The smallest absolute Gasteiger partial charge is 0.251 e. The van der Waals surface area contributed by atoms with Gasteiger partial charge in [0.25, 0.3) is 5.91 Å². The summed E-state index contributed by atoms with van der Waals surface area (Å²) in [7, 11) is 1.39. The summed E-state index contributed by atoms with van der Waals surface area (Å²) in [6.07, 6.45) is 1.28. The zero-order valence-corrected chi connectivity index (χ0v) is 34.5. The molecular formula is C42H52Cl2F2N4O7. The van der Waals surface area contributed by atoms with Crippen molar-refractivity contribution in [3.8, 4) is 11.8 Å². The van der Waals surface area contributed by atoms with Gasteiger partial charge in [-0.15, -0.1) is 0 Å². The van der Waals surface area contributed by atoms with E-state index in [0.717, 1.165) is 19.1 Å². The van der Waals surface area contributed by atoms with Crippen molar-refractivity contribution in [3.05, 3.63) is 93.0 Å². The molecule has 3 N–H and O–H groups in total. The highest BCUT2D eigenvalue weighted by Crippen LogP contribution is 2.53. The molecule has 3 aromatic carbocycles. The van der Waals surface area contributed by atoms with Crippen LogP contribution in [0.1, 0.15) is 67.9 Å². The van der Waals surface area contributed by atoms with Gasteiger partial charge in [-0.05, 0) is 60.2 Å². The van der Waals surface area contributed by atoms with Gasteiger partial charge in [0, 0.05) is 41.3 Å². The summed E-state index contributed by atoms with van der Waals surface area (Å²) in [5.74, 6) is -3.73. The first kappa shape index (κ1) is 45.8. The predicted octanol–water partition coefficient (Wildman–Crippen LogP) is 7.45. The Morgan fingerprint density at radius 3 is 2.16 bits per heavy atom. The number of methoxy groups -OCH3 is 1. The Balaban J connectivity index is 1.47. The van der Waals surface area contributed by atoms with Gasteiger partial charge in [-0.2, -0.15) is 5.26 Å². The van der Waals surface area contributed by atoms with Crippen LogP contribution in [-0.4, -0.2) is 90.4 Å². The van der Waals surface area contributed by atoms with E-state index in [-0.39, 0.29) is 51.3 Å². The minimum Gasteiger partial charge on any atom is -0.495 e. The van der Waals surface area contributed by atoms with E-state index in [4.69, 9.17) is 46.9 Å². The molecule has 1 saturated heterocycles. The Hall–Kier alpha value is -3.87. The maximum Gasteiger partial charge on any atom is 0.251 e. The second kappa shape index (κ2) is 21.8. The maximum atomic E-state index is 16.0. The minimum absolute atomic E-state index is 0.0346. The molecule has 4 atom stereocenters. The first-order valence-electron chi connectivity index (χ1n) is 18.9. The van der Waals surface area contributed by atoms with Crippen LogP contribution in [0, 0.1) is 28.4 Å². The number of nitrogens with one attached hydrogen (secondary N) is 3. The van der Waals surface area contributed by atoms with E-state index in [1.54, 1.807) is 0 Å². The molecule has 0 spiro atoms. The molecule has 3 aromatic rings. The van der Waals surface area contributed by atoms with E-state index in [1.807, 2.05) is 27.7 Å². The number of nitriles is 1. The molecule has 15 heteroatoms. The molecule has 0 saturated carbocycles. The van der Waals surface area contributed by atoms with Crippen molar-refractivity contribution in [2.24, 2.45) is 5.41 Å². The lowest BCUT2D eigenvalue weighted by atomic mass is 9.62. The van der Waals surface area contributed by atoms with Crippen molar-refractivity contribution in [3.63, 3.8) is 0 Å². The lowest BCUT2D eigenvalue weighted by Gasteiger charge is -2.37. The van der Waals surface area contributed by atoms with Gasteiger partial charge < -0.3 is 39.6 Å². The molecule has 0 aliphatic carbocycles. The molecule has 2 amide bonds. The van der Waals surface area contributed by atoms with Crippen molar-refractivity contribution >= 4 is 40.7 Å². The summed E-state index contributed by atoms with van der Waals surface area (Å²) in [6.45, 7) is 11.8. The van der Waals surface area contributed by atoms with Crippen LogP contribution in [0.5, 0.6) is 5.75 Å². The Labute approximate surface area is 343 Å². The highest BCUT2D eigenvalue weighted by molar-refractivity contribution is 6.31. The molecule has 1 aliphatic heterocycles. The first-order valence-corrected chi connectivity index (χ1v) is 19.7. The molecule has 1 aliphatic rings. The SMILES string of the molecule is CCCOCCOCCOCCOCCNC(=O)c1ccc(NC(=O)[C@@H]2N[C@@H](CC(C)(C)C)[C@](C#N)(c3ccc(Cl)cc3F)[C@H]2c2cccc(Cl)c2F)c(OC)c1. The van der Waals surface area contributed by atoms with Gasteiger partial charge in [0.1, 0.15) is 22.8 Å². The maximum absolute atomic E-state index is 16.0. The number of carbonyl (C=O) groups excluding carboxylic acids is 2. The summed E-state index contributed by atoms with van der Waals surface area (Å²) in [5, 5.41) is 19.9. The highest BCUT2D eigenvalue weighted by Gasteiger charge is 2.61. The zero-order valence-electron chi connectivity index (χ0n) is 33.0. The predicted molar refractivity (Wildman–Crippen MR) is 215 cm³/mol. The normalized spacial score (nSPS) is 19.3. The van der Waals surface area contributed by atoms with Crippen molar-refractivity contribution in [1.82, 2.24) is 10.6 Å². The van der Waals surface area contributed by atoms with E-state index in [0.29, 0.717) is 46.1 Å². The fraction of sp³-hybridized carbons (Fsp3) is 0.500. The lowest BCUT2D eigenvalue weighted by molar-refractivity contribution is -0.118. The van der Waals surface area contributed by atoms with Crippen LogP contribution in [-0.2, 0) is 29.2 Å². The number of rotatable bonds is 21. The summed E-state index contributed by atoms with van der Waals surface area (Å²) in [4.78, 5) is 27.4. The van der Waals surface area contributed by atoms with Crippen LogP contribution in [0.2, 0.25) is 10.0 Å². The largest absolute Gasteiger partial charge is 0.495 e. The average molecular weight is 834 g/mol. The van der Waals surface area contributed by atoms with Crippen LogP contribution in [0.15, 0.2) is 54.6 Å². The second-order valence-corrected chi connectivity index (χ2v) is 15.6. The van der Waals surface area contributed by atoms with E-state index in [2.05, 4.69) is 22.0 Å².